The minimum atomic E-state index is 0.836. The molecule has 1 aliphatic rings. The minimum Gasteiger partial charge on any atom is -0.379 e. The van der Waals surface area contributed by atoms with Crippen molar-refractivity contribution in [3.05, 3.63) is 47.8 Å². The van der Waals surface area contributed by atoms with Gasteiger partial charge in [0.25, 0.3) is 0 Å². The molecule has 24 heavy (non-hydrogen) atoms. The molecule has 1 aromatic carbocycles. The summed E-state index contributed by atoms with van der Waals surface area (Å²) in [7, 11) is 1.93. The van der Waals surface area contributed by atoms with Gasteiger partial charge >= 0.3 is 0 Å². The van der Waals surface area contributed by atoms with Crippen LogP contribution >= 0.6 is 0 Å². The van der Waals surface area contributed by atoms with Gasteiger partial charge < -0.3 is 4.74 Å². The van der Waals surface area contributed by atoms with Crippen LogP contribution in [-0.4, -0.2) is 46.0 Å². The fourth-order valence-electron chi connectivity index (χ4n) is 3.26. The predicted octanol–water partition coefficient (Wildman–Crippen LogP) is 2.78. The summed E-state index contributed by atoms with van der Waals surface area (Å²) in [6, 6.07) is 8.76. The number of ether oxygens (including phenoxy) is 1. The molecule has 0 spiro atoms. The van der Waals surface area contributed by atoms with Crippen molar-refractivity contribution >= 4 is 10.9 Å². The third-order valence-corrected chi connectivity index (χ3v) is 4.59. The van der Waals surface area contributed by atoms with Gasteiger partial charge in [0, 0.05) is 43.8 Å². The molecule has 0 saturated carbocycles. The maximum atomic E-state index is 5.43. The van der Waals surface area contributed by atoms with Gasteiger partial charge in [0.2, 0.25) is 0 Å². The number of hydrogen-bond acceptors (Lipinski definition) is 4. The van der Waals surface area contributed by atoms with E-state index in [1.807, 2.05) is 24.1 Å². The molecular weight excluding hydrogens is 300 g/mol. The molecule has 0 bridgehead atoms. The zero-order valence-corrected chi connectivity index (χ0v) is 14.2. The fourth-order valence-corrected chi connectivity index (χ4v) is 3.26. The van der Waals surface area contributed by atoms with Crippen LogP contribution in [0.4, 0.5) is 0 Å². The number of nitrogens with zero attached hydrogens (tertiary/aromatic N) is 4. The lowest BCUT2D eigenvalue weighted by atomic mass is 10.0. The van der Waals surface area contributed by atoms with Gasteiger partial charge in [-0.15, -0.1) is 0 Å². The van der Waals surface area contributed by atoms with Crippen LogP contribution in [0.1, 0.15) is 11.1 Å². The molecule has 3 heterocycles. The minimum absolute atomic E-state index is 0.836. The van der Waals surface area contributed by atoms with E-state index in [1.54, 1.807) is 0 Å². The second-order valence-corrected chi connectivity index (χ2v) is 6.47. The summed E-state index contributed by atoms with van der Waals surface area (Å²) in [4.78, 5) is 7.26. The largest absolute Gasteiger partial charge is 0.379 e. The van der Waals surface area contributed by atoms with E-state index in [4.69, 9.17) is 9.72 Å². The first-order chi connectivity index (χ1) is 11.7. The molecule has 0 amide bonds. The Morgan fingerprint density at radius 2 is 2.00 bits per heavy atom. The van der Waals surface area contributed by atoms with E-state index in [-0.39, 0.29) is 0 Å². The summed E-state index contributed by atoms with van der Waals surface area (Å²) in [5.74, 6) is 0. The predicted molar refractivity (Wildman–Crippen MR) is 94.8 cm³/mol. The third-order valence-electron chi connectivity index (χ3n) is 4.59. The van der Waals surface area contributed by atoms with Crippen molar-refractivity contribution in [3.63, 3.8) is 0 Å². The quantitative estimate of drug-likeness (QED) is 0.744. The summed E-state index contributed by atoms with van der Waals surface area (Å²) in [5.41, 5.74) is 5.67. The van der Waals surface area contributed by atoms with Gasteiger partial charge in [0.05, 0.1) is 30.6 Å². The standard InChI is InChI=1S/C19H22N4O/c1-14-9-19(16-11-20-22(2)13-16)21-18-4-3-15(10-17(14)18)12-23-5-7-24-8-6-23/h3-4,9-11,13H,5-8,12H2,1-2H3. The average molecular weight is 322 g/mol. The van der Waals surface area contributed by atoms with Crippen LogP contribution in [0.25, 0.3) is 22.2 Å². The smallest absolute Gasteiger partial charge is 0.0743 e. The van der Waals surface area contributed by atoms with Crippen molar-refractivity contribution in [3.8, 4) is 11.3 Å². The van der Waals surface area contributed by atoms with Gasteiger partial charge in [-0.2, -0.15) is 5.10 Å². The van der Waals surface area contributed by atoms with Crippen LogP contribution in [0, 0.1) is 6.92 Å². The van der Waals surface area contributed by atoms with Gasteiger partial charge in [-0.3, -0.25) is 9.58 Å². The maximum absolute atomic E-state index is 5.43. The molecule has 0 unspecified atom stereocenters. The second kappa shape index (κ2) is 6.34. The number of aryl methyl sites for hydroxylation is 2. The summed E-state index contributed by atoms with van der Waals surface area (Å²) in [6.45, 7) is 6.82. The molecule has 0 N–H and O–H groups in total. The van der Waals surface area contributed by atoms with E-state index in [1.165, 1.54) is 16.5 Å². The van der Waals surface area contributed by atoms with Crippen molar-refractivity contribution in [1.29, 1.82) is 0 Å². The van der Waals surface area contributed by atoms with Crippen molar-refractivity contribution in [2.24, 2.45) is 7.05 Å². The Bertz CT molecular complexity index is 865. The highest BCUT2D eigenvalue weighted by Gasteiger charge is 2.12. The fraction of sp³-hybridized carbons (Fsp3) is 0.368. The average Bonchev–Trinajstić information content (AvgIpc) is 3.03. The highest BCUT2D eigenvalue weighted by Crippen LogP contribution is 2.25. The Morgan fingerprint density at radius 3 is 2.75 bits per heavy atom. The van der Waals surface area contributed by atoms with Gasteiger partial charge in [0.1, 0.15) is 0 Å². The van der Waals surface area contributed by atoms with E-state index in [9.17, 15) is 0 Å². The van der Waals surface area contributed by atoms with Crippen molar-refractivity contribution < 1.29 is 4.74 Å². The highest BCUT2D eigenvalue weighted by molar-refractivity contribution is 5.85. The Morgan fingerprint density at radius 1 is 1.17 bits per heavy atom. The Kier molecular flexibility index (Phi) is 4.04. The first-order valence-corrected chi connectivity index (χ1v) is 8.38. The lowest BCUT2D eigenvalue weighted by Crippen LogP contribution is -2.35. The Labute approximate surface area is 141 Å². The van der Waals surface area contributed by atoms with E-state index in [2.05, 4.69) is 41.2 Å². The molecule has 1 fully saturated rings. The molecular formula is C19H22N4O. The number of pyridine rings is 1. The summed E-state index contributed by atoms with van der Waals surface area (Å²) in [5, 5.41) is 5.47. The molecule has 4 rings (SSSR count). The molecule has 0 atom stereocenters. The lowest BCUT2D eigenvalue weighted by Gasteiger charge is -2.26. The van der Waals surface area contributed by atoms with E-state index in [0.29, 0.717) is 0 Å². The zero-order valence-electron chi connectivity index (χ0n) is 14.2. The van der Waals surface area contributed by atoms with Crippen molar-refractivity contribution in [2.45, 2.75) is 13.5 Å². The SMILES string of the molecule is Cc1cc(-c2cnn(C)c2)nc2ccc(CN3CCOCC3)cc12. The first kappa shape index (κ1) is 15.3. The summed E-state index contributed by atoms with van der Waals surface area (Å²) < 4.78 is 7.23. The van der Waals surface area contributed by atoms with E-state index < -0.39 is 0 Å². The monoisotopic (exact) mass is 322 g/mol. The molecule has 0 aliphatic carbocycles. The molecule has 1 saturated heterocycles. The first-order valence-electron chi connectivity index (χ1n) is 8.38. The molecule has 2 aromatic heterocycles. The van der Waals surface area contributed by atoms with E-state index >= 15 is 0 Å². The maximum Gasteiger partial charge on any atom is 0.0743 e. The van der Waals surface area contributed by atoms with Crippen LogP contribution < -0.4 is 0 Å². The van der Waals surface area contributed by atoms with Gasteiger partial charge in [0.15, 0.2) is 0 Å². The molecule has 0 radical (unpaired) electrons. The molecule has 5 heteroatoms. The van der Waals surface area contributed by atoms with Gasteiger partial charge in [-0.05, 0) is 36.2 Å². The second-order valence-electron chi connectivity index (χ2n) is 6.47. The number of rotatable bonds is 3. The van der Waals surface area contributed by atoms with Crippen LogP contribution in [0.2, 0.25) is 0 Å². The number of benzene rings is 1. The zero-order chi connectivity index (χ0) is 16.5. The van der Waals surface area contributed by atoms with E-state index in [0.717, 1.165) is 49.6 Å². The van der Waals surface area contributed by atoms with Gasteiger partial charge in [-0.1, -0.05) is 6.07 Å². The number of hydrogen-bond donors (Lipinski definition) is 0. The van der Waals surface area contributed by atoms with Crippen LogP contribution in [-0.2, 0) is 18.3 Å². The number of morpholine rings is 1. The number of aromatic nitrogens is 3. The molecule has 1 aliphatic heterocycles. The number of fused-ring (bicyclic) bond motifs is 1. The third kappa shape index (κ3) is 3.05. The van der Waals surface area contributed by atoms with Crippen LogP contribution in [0.5, 0.6) is 0 Å². The van der Waals surface area contributed by atoms with Gasteiger partial charge in [-0.25, -0.2) is 4.98 Å². The van der Waals surface area contributed by atoms with Crippen molar-refractivity contribution in [2.75, 3.05) is 26.3 Å². The van der Waals surface area contributed by atoms with Crippen LogP contribution in [0.15, 0.2) is 36.7 Å². The normalized spacial score (nSPS) is 15.9. The molecule has 5 nitrogen and oxygen atoms in total. The Hall–Kier alpha value is -2.24. The molecule has 3 aromatic rings. The summed E-state index contributed by atoms with van der Waals surface area (Å²) >= 11 is 0. The Balaban J connectivity index is 1.66. The lowest BCUT2D eigenvalue weighted by molar-refractivity contribution is 0.0342. The highest BCUT2D eigenvalue weighted by atomic mass is 16.5. The van der Waals surface area contributed by atoms with Crippen LogP contribution in [0.3, 0.4) is 0 Å². The summed E-state index contributed by atoms with van der Waals surface area (Å²) in [6.07, 6.45) is 3.86. The topological polar surface area (TPSA) is 43.2 Å². The van der Waals surface area contributed by atoms with Crippen molar-refractivity contribution in [1.82, 2.24) is 19.7 Å². The molecule has 124 valence electrons.